The molecule has 78 valence electrons. The van der Waals surface area contributed by atoms with Crippen LogP contribution in [0.25, 0.3) is 5.69 Å². The molecule has 0 atom stereocenters. The maximum Gasteiger partial charge on any atom is 0.0633 e. The number of rotatable bonds is 1. The summed E-state index contributed by atoms with van der Waals surface area (Å²) in [5, 5.41) is 0. The normalized spacial score (nSPS) is 11.7. The molecule has 0 fully saturated rings. The molecule has 0 bridgehead atoms. The van der Waals surface area contributed by atoms with E-state index in [0.29, 0.717) is 0 Å². The molecule has 0 saturated heterocycles. The Balaban J connectivity index is 2.33. The van der Waals surface area contributed by atoms with E-state index >= 15 is 0 Å². The number of hydrogen-bond acceptors (Lipinski definition) is 1. The molecular formula is C13H16N2. The summed E-state index contributed by atoms with van der Waals surface area (Å²) in [6, 6.07) is 8.22. The second-order valence-corrected chi connectivity index (χ2v) is 4.74. The van der Waals surface area contributed by atoms with Gasteiger partial charge in [0.25, 0.3) is 0 Å². The Morgan fingerprint density at radius 1 is 1.07 bits per heavy atom. The van der Waals surface area contributed by atoms with Crippen LogP contribution in [0.5, 0.6) is 0 Å². The van der Waals surface area contributed by atoms with Gasteiger partial charge in [0.1, 0.15) is 0 Å². The largest absolute Gasteiger partial charge is 0.322 e. The second-order valence-electron chi connectivity index (χ2n) is 4.74. The zero-order valence-corrected chi connectivity index (χ0v) is 9.44. The molecule has 2 heterocycles. The fourth-order valence-electron chi connectivity index (χ4n) is 1.49. The lowest BCUT2D eigenvalue weighted by atomic mass is 9.92. The highest BCUT2D eigenvalue weighted by Crippen LogP contribution is 2.20. The molecule has 2 rings (SSSR count). The Morgan fingerprint density at radius 2 is 1.73 bits per heavy atom. The molecule has 0 aromatic carbocycles. The zero-order chi connectivity index (χ0) is 10.9. The van der Waals surface area contributed by atoms with E-state index in [1.54, 1.807) is 0 Å². The fraction of sp³-hybridized carbons (Fsp3) is 0.308. The van der Waals surface area contributed by atoms with Gasteiger partial charge in [-0.2, -0.15) is 0 Å². The molecule has 15 heavy (non-hydrogen) atoms. The molecule has 0 aliphatic heterocycles. The minimum atomic E-state index is 0.120. The van der Waals surface area contributed by atoms with Crippen molar-refractivity contribution in [2.45, 2.75) is 26.2 Å². The van der Waals surface area contributed by atoms with E-state index < -0.39 is 0 Å². The van der Waals surface area contributed by atoms with Crippen molar-refractivity contribution in [3.8, 4) is 5.69 Å². The minimum absolute atomic E-state index is 0.120. The molecular weight excluding hydrogens is 184 g/mol. The summed E-state index contributed by atoms with van der Waals surface area (Å²) >= 11 is 0. The van der Waals surface area contributed by atoms with Gasteiger partial charge in [0.05, 0.1) is 11.9 Å². The molecule has 0 unspecified atom stereocenters. The molecule has 0 aliphatic carbocycles. The van der Waals surface area contributed by atoms with Crippen molar-refractivity contribution in [2.24, 2.45) is 0 Å². The molecule has 2 aromatic rings. The standard InChI is InChI=1S/C13H16N2/c1-13(2,3)12-7-6-11(10-14-12)15-8-4-5-9-15/h4-10H,1-3H3. The molecule has 0 saturated carbocycles. The first-order chi connectivity index (χ1) is 7.07. The van der Waals surface area contributed by atoms with E-state index in [4.69, 9.17) is 0 Å². The Morgan fingerprint density at radius 3 is 2.20 bits per heavy atom. The highest BCUT2D eigenvalue weighted by molar-refractivity contribution is 5.31. The van der Waals surface area contributed by atoms with Gasteiger partial charge >= 0.3 is 0 Å². The molecule has 0 amide bonds. The average Bonchev–Trinajstić information content (AvgIpc) is 2.69. The first-order valence-corrected chi connectivity index (χ1v) is 5.17. The van der Waals surface area contributed by atoms with Crippen molar-refractivity contribution >= 4 is 0 Å². The second kappa shape index (κ2) is 3.54. The Labute approximate surface area is 90.6 Å². The lowest BCUT2D eigenvalue weighted by Crippen LogP contribution is -2.13. The van der Waals surface area contributed by atoms with Crippen molar-refractivity contribution in [3.63, 3.8) is 0 Å². The van der Waals surface area contributed by atoms with Gasteiger partial charge in [-0.1, -0.05) is 20.8 Å². The van der Waals surface area contributed by atoms with E-state index in [0.717, 1.165) is 11.4 Å². The van der Waals surface area contributed by atoms with Crippen molar-refractivity contribution in [1.82, 2.24) is 9.55 Å². The van der Waals surface area contributed by atoms with E-state index in [9.17, 15) is 0 Å². The summed E-state index contributed by atoms with van der Waals surface area (Å²) in [5.74, 6) is 0. The summed E-state index contributed by atoms with van der Waals surface area (Å²) in [7, 11) is 0. The predicted octanol–water partition coefficient (Wildman–Crippen LogP) is 3.17. The van der Waals surface area contributed by atoms with Crippen LogP contribution in [0.4, 0.5) is 0 Å². The fourth-order valence-corrected chi connectivity index (χ4v) is 1.49. The van der Waals surface area contributed by atoms with E-state index in [1.165, 1.54) is 0 Å². The third-order valence-corrected chi connectivity index (χ3v) is 2.42. The van der Waals surface area contributed by atoms with Crippen LogP contribution in [-0.2, 0) is 5.41 Å². The summed E-state index contributed by atoms with van der Waals surface area (Å²) in [4.78, 5) is 4.49. The molecule has 2 heteroatoms. The van der Waals surface area contributed by atoms with Crippen LogP contribution in [0, 0.1) is 0 Å². The monoisotopic (exact) mass is 200 g/mol. The number of pyridine rings is 1. The van der Waals surface area contributed by atoms with Crippen LogP contribution < -0.4 is 0 Å². The van der Waals surface area contributed by atoms with E-state index in [2.05, 4.69) is 42.5 Å². The van der Waals surface area contributed by atoms with Crippen molar-refractivity contribution < 1.29 is 0 Å². The van der Waals surface area contributed by atoms with Gasteiger partial charge in [-0.05, 0) is 24.3 Å². The lowest BCUT2D eigenvalue weighted by Gasteiger charge is -2.17. The highest BCUT2D eigenvalue weighted by Gasteiger charge is 2.14. The van der Waals surface area contributed by atoms with E-state index in [-0.39, 0.29) is 5.41 Å². The Kier molecular flexibility index (Phi) is 2.35. The van der Waals surface area contributed by atoms with Crippen molar-refractivity contribution in [2.75, 3.05) is 0 Å². The molecule has 0 aliphatic rings. The first kappa shape index (κ1) is 9.97. The molecule has 0 N–H and O–H groups in total. The average molecular weight is 200 g/mol. The number of aromatic nitrogens is 2. The van der Waals surface area contributed by atoms with E-state index in [1.807, 2.05) is 30.7 Å². The lowest BCUT2D eigenvalue weighted by molar-refractivity contribution is 0.568. The highest BCUT2D eigenvalue weighted by atomic mass is 15.0. The summed E-state index contributed by atoms with van der Waals surface area (Å²) in [6.07, 6.45) is 5.96. The summed E-state index contributed by atoms with van der Waals surface area (Å²) in [6.45, 7) is 6.51. The maximum atomic E-state index is 4.49. The molecule has 0 spiro atoms. The van der Waals surface area contributed by atoms with Crippen LogP contribution in [0.2, 0.25) is 0 Å². The Hall–Kier alpha value is -1.57. The summed E-state index contributed by atoms with van der Waals surface area (Å²) < 4.78 is 2.06. The van der Waals surface area contributed by atoms with Gasteiger partial charge in [-0.3, -0.25) is 4.98 Å². The molecule has 2 aromatic heterocycles. The number of nitrogens with zero attached hydrogens (tertiary/aromatic N) is 2. The first-order valence-electron chi connectivity index (χ1n) is 5.17. The van der Waals surface area contributed by atoms with Gasteiger partial charge in [0.2, 0.25) is 0 Å². The minimum Gasteiger partial charge on any atom is -0.322 e. The quantitative estimate of drug-likeness (QED) is 0.691. The van der Waals surface area contributed by atoms with Crippen LogP contribution in [-0.4, -0.2) is 9.55 Å². The van der Waals surface area contributed by atoms with Crippen LogP contribution in [0.1, 0.15) is 26.5 Å². The Bertz CT molecular complexity index is 419. The van der Waals surface area contributed by atoms with Crippen LogP contribution >= 0.6 is 0 Å². The van der Waals surface area contributed by atoms with Gasteiger partial charge in [-0.15, -0.1) is 0 Å². The number of hydrogen-bond donors (Lipinski definition) is 0. The SMILES string of the molecule is CC(C)(C)c1ccc(-n2cccc2)cn1. The topological polar surface area (TPSA) is 17.8 Å². The van der Waals surface area contributed by atoms with Crippen LogP contribution in [0.3, 0.4) is 0 Å². The van der Waals surface area contributed by atoms with Crippen molar-refractivity contribution in [3.05, 3.63) is 48.5 Å². The molecule has 2 nitrogen and oxygen atoms in total. The maximum absolute atomic E-state index is 4.49. The third-order valence-electron chi connectivity index (χ3n) is 2.42. The van der Waals surface area contributed by atoms with Gasteiger partial charge in [-0.25, -0.2) is 0 Å². The van der Waals surface area contributed by atoms with Crippen molar-refractivity contribution in [1.29, 1.82) is 0 Å². The smallest absolute Gasteiger partial charge is 0.0633 e. The zero-order valence-electron chi connectivity index (χ0n) is 9.44. The molecule has 0 radical (unpaired) electrons. The van der Waals surface area contributed by atoms with Gasteiger partial charge < -0.3 is 4.57 Å². The third kappa shape index (κ3) is 2.09. The van der Waals surface area contributed by atoms with Gasteiger partial charge in [0, 0.05) is 23.5 Å². The van der Waals surface area contributed by atoms with Crippen LogP contribution in [0.15, 0.2) is 42.9 Å². The predicted molar refractivity (Wildman–Crippen MR) is 62.3 cm³/mol. The van der Waals surface area contributed by atoms with Gasteiger partial charge in [0.15, 0.2) is 0 Å². The summed E-state index contributed by atoms with van der Waals surface area (Å²) in [5.41, 5.74) is 2.35.